The van der Waals surface area contributed by atoms with Crippen LogP contribution in [0, 0.1) is 25.2 Å². The lowest BCUT2D eigenvalue weighted by Gasteiger charge is -2.23. The molecule has 3 rings (SSSR count). The minimum Gasteiger partial charge on any atom is -0.492 e. The van der Waals surface area contributed by atoms with Crippen LogP contribution in [0.15, 0.2) is 18.2 Å². The normalized spacial score (nSPS) is 22.4. The molecule has 2 aliphatic rings. The molecule has 120 valence electrons. The van der Waals surface area contributed by atoms with Gasteiger partial charge < -0.3 is 15.4 Å². The van der Waals surface area contributed by atoms with Crippen LogP contribution in [0.25, 0.3) is 0 Å². The van der Waals surface area contributed by atoms with E-state index in [0.717, 1.165) is 38.1 Å². The summed E-state index contributed by atoms with van der Waals surface area (Å²) in [5, 5.41) is 6.40. The van der Waals surface area contributed by atoms with Gasteiger partial charge in [-0.05, 0) is 74.9 Å². The molecule has 0 aromatic heterocycles. The third kappa shape index (κ3) is 3.43. The van der Waals surface area contributed by atoms with Crippen molar-refractivity contribution in [1.29, 1.82) is 0 Å². The molecule has 1 amide bonds. The number of hydrogen-bond donors (Lipinski definition) is 2. The number of carbonyl (C=O) groups is 1. The predicted octanol–water partition coefficient (Wildman–Crippen LogP) is 2.19. The second-order valence-electron chi connectivity index (χ2n) is 6.83. The quantitative estimate of drug-likeness (QED) is 0.820. The molecule has 1 spiro atoms. The Labute approximate surface area is 132 Å². The SMILES string of the molecule is Cc1cc(C)cc(OCCNC(=O)C2CC23CCNCC3)c1. The standard InChI is InChI=1S/C18H26N2O2/c1-13-9-14(2)11-15(10-13)22-8-7-20-17(21)16-12-18(16)3-5-19-6-4-18/h9-11,16,19H,3-8,12H2,1-2H3,(H,20,21). The lowest BCUT2D eigenvalue weighted by molar-refractivity contribution is -0.123. The highest BCUT2D eigenvalue weighted by Gasteiger charge is 2.57. The van der Waals surface area contributed by atoms with Crippen molar-refractivity contribution < 1.29 is 9.53 Å². The van der Waals surface area contributed by atoms with Gasteiger partial charge in [0.15, 0.2) is 0 Å². The second-order valence-corrected chi connectivity index (χ2v) is 6.83. The first-order valence-corrected chi connectivity index (χ1v) is 8.29. The third-order valence-electron chi connectivity index (χ3n) is 4.97. The summed E-state index contributed by atoms with van der Waals surface area (Å²) >= 11 is 0. The summed E-state index contributed by atoms with van der Waals surface area (Å²) in [5.74, 6) is 1.33. The Morgan fingerprint density at radius 2 is 1.95 bits per heavy atom. The molecule has 0 radical (unpaired) electrons. The summed E-state index contributed by atoms with van der Waals surface area (Å²) in [6.07, 6.45) is 3.35. The first-order chi connectivity index (χ1) is 10.6. The predicted molar refractivity (Wildman–Crippen MR) is 87.1 cm³/mol. The average Bonchev–Trinajstić information content (AvgIpc) is 3.16. The molecule has 1 unspecified atom stereocenters. The summed E-state index contributed by atoms with van der Waals surface area (Å²) in [6.45, 7) is 7.34. The van der Waals surface area contributed by atoms with Crippen LogP contribution in [-0.2, 0) is 4.79 Å². The van der Waals surface area contributed by atoms with Crippen LogP contribution in [0.3, 0.4) is 0 Å². The molecule has 4 heteroatoms. The van der Waals surface area contributed by atoms with Gasteiger partial charge in [0.25, 0.3) is 0 Å². The number of hydrogen-bond acceptors (Lipinski definition) is 3. The van der Waals surface area contributed by atoms with E-state index >= 15 is 0 Å². The van der Waals surface area contributed by atoms with Crippen LogP contribution in [0.1, 0.15) is 30.4 Å². The monoisotopic (exact) mass is 302 g/mol. The van der Waals surface area contributed by atoms with Crippen LogP contribution in [0.2, 0.25) is 0 Å². The molecule has 4 nitrogen and oxygen atoms in total. The highest BCUT2D eigenvalue weighted by atomic mass is 16.5. The van der Waals surface area contributed by atoms with Crippen LogP contribution in [0.4, 0.5) is 0 Å². The fourth-order valence-electron chi connectivity index (χ4n) is 3.68. The lowest BCUT2D eigenvalue weighted by atomic mass is 9.92. The zero-order valence-electron chi connectivity index (χ0n) is 13.6. The zero-order valence-corrected chi connectivity index (χ0v) is 13.6. The van der Waals surface area contributed by atoms with Crippen molar-refractivity contribution in [1.82, 2.24) is 10.6 Å². The van der Waals surface area contributed by atoms with Gasteiger partial charge >= 0.3 is 0 Å². The number of aryl methyl sites for hydroxylation is 2. The van der Waals surface area contributed by atoms with Gasteiger partial charge in [0, 0.05) is 5.92 Å². The molecule has 1 saturated heterocycles. The molecule has 1 saturated carbocycles. The first kappa shape index (κ1) is 15.3. The maximum absolute atomic E-state index is 12.2. The van der Waals surface area contributed by atoms with Gasteiger partial charge in [0.1, 0.15) is 12.4 Å². The fraction of sp³-hybridized carbons (Fsp3) is 0.611. The molecule has 1 heterocycles. The van der Waals surface area contributed by atoms with E-state index in [1.54, 1.807) is 0 Å². The maximum atomic E-state index is 12.2. The fourth-order valence-corrected chi connectivity index (χ4v) is 3.68. The van der Waals surface area contributed by atoms with Crippen molar-refractivity contribution >= 4 is 5.91 Å². The number of amides is 1. The topological polar surface area (TPSA) is 50.4 Å². The van der Waals surface area contributed by atoms with Gasteiger partial charge in [-0.3, -0.25) is 4.79 Å². The number of piperidine rings is 1. The maximum Gasteiger partial charge on any atom is 0.223 e. The number of carbonyl (C=O) groups excluding carboxylic acids is 1. The Morgan fingerprint density at radius 1 is 1.27 bits per heavy atom. The number of benzene rings is 1. The minimum atomic E-state index is 0.214. The summed E-state index contributed by atoms with van der Waals surface area (Å²) in [6, 6.07) is 6.18. The molecule has 22 heavy (non-hydrogen) atoms. The van der Waals surface area contributed by atoms with E-state index in [2.05, 4.69) is 30.5 Å². The molecule has 1 aliphatic heterocycles. The second kappa shape index (κ2) is 6.29. The van der Waals surface area contributed by atoms with E-state index < -0.39 is 0 Å². The van der Waals surface area contributed by atoms with Gasteiger partial charge in [-0.15, -0.1) is 0 Å². The van der Waals surface area contributed by atoms with Crippen molar-refractivity contribution in [3.63, 3.8) is 0 Å². The molecule has 1 aromatic carbocycles. The van der Waals surface area contributed by atoms with E-state index in [1.807, 2.05) is 12.1 Å². The van der Waals surface area contributed by atoms with Gasteiger partial charge in [-0.2, -0.15) is 0 Å². The number of ether oxygens (including phenoxy) is 1. The van der Waals surface area contributed by atoms with Crippen LogP contribution >= 0.6 is 0 Å². The van der Waals surface area contributed by atoms with Gasteiger partial charge in [0.05, 0.1) is 6.54 Å². The molecule has 2 fully saturated rings. The molecule has 1 atom stereocenters. The van der Waals surface area contributed by atoms with E-state index in [-0.39, 0.29) is 11.8 Å². The summed E-state index contributed by atoms with van der Waals surface area (Å²) in [7, 11) is 0. The highest BCUT2D eigenvalue weighted by Crippen LogP contribution is 2.58. The molecule has 2 N–H and O–H groups in total. The minimum absolute atomic E-state index is 0.214. The van der Waals surface area contributed by atoms with E-state index in [9.17, 15) is 4.79 Å². The summed E-state index contributed by atoms with van der Waals surface area (Å²) in [5.41, 5.74) is 2.71. The number of nitrogens with one attached hydrogen (secondary N) is 2. The van der Waals surface area contributed by atoms with E-state index in [4.69, 9.17) is 4.74 Å². The average molecular weight is 302 g/mol. The van der Waals surface area contributed by atoms with Crippen molar-refractivity contribution in [2.45, 2.75) is 33.1 Å². The van der Waals surface area contributed by atoms with E-state index in [1.165, 1.54) is 11.1 Å². The Morgan fingerprint density at radius 3 is 2.64 bits per heavy atom. The van der Waals surface area contributed by atoms with Gasteiger partial charge in [-0.1, -0.05) is 6.07 Å². The van der Waals surface area contributed by atoms with Crippen molar-refractivity contribution in [3.8, 4) is 5.75 Å². The number of rotatable bonds is 5. The van der Waals surface area contributed by atoms with Gasteiger partial charge in [-0.25, -0.2) is 0 Å². The van der Waals surface area contributed by atoms with Crippen LogP contribution in [-0.4, -0.2) is 32.1 Å². The smallest absolute Gasteiger partial charge is 0.223 e. The van der Waals surface area contributed by atoms with Crippen molar-refractivity contribution in [3.05, 3.63) is 29.3 Å². The Hall–Kier alpha value is -1.55. The van der Waals surface area contributed by atoms with Crippen molar-refractivity contribution in [2.24, 2.45) is 11.3 Å². The summed E-state index contributed by atoms with van der Waals surface area (Å²) in [4.78, 5) is 12.2. The molecular formula is C18H26N2O2. The van der Waals surface area contributed by atoms with Gasteiger partial charge in [0.2, 0.25) is 5.91 Å². The van der Waals surface area contributed by atoms with Crippen LogP contribution < -0.4 is 15.4 Å². The lowest BCUT2D eigenvalue weighted by Crippen LogP contribution is -2.35. The van der Waals surface area contributed by atoms with Crippen LogP contribution in [0.5, 0.6) is 5.75 Å². The molecule has 1 aliphatic carbocycles. The molecule has 0 bridgehead atoms. The Bertz CT molecular complexity index is 530. The molecule has 1 aromatic rings. The third-order valence-corrected chi connectivity index (χ3v) is 4.97. The first-order valence-electron chi connectivity index (χ1n) is 8.29. The Balaban J connectivity index is 1.39. The highest BCUT2D eigenvalue weighted by molar-refractivity contribution is 5.82. The van der Waals surface area contributed by atoms with Crippen molar-refractivity contribution in [2.75, 3.05) is 26.2 Å². The molecular weight excluding hydrogens is 276 g/mol. The largest absolute Gasteiger partial charge is 0.492 e. The zero-order chi connectivity index (χ0) is 15.6. The Kier molecular flexibility index (Phi) is 4.39. The summed E-state index contributed by atoms with van der Waals surface area (Å²) < 4.78 is 5.73. The van der Waals surface area contributed by atoms with E-state index in [0.29, 0.717) is 18.6 Å².